The molecule has 31 heavy (non-hydrogen) atoms. The van der Waals surface area contributed by atoms with Gasteiger partial charge in [0, 0.05) is 24.7 Å². The van der Waals surface area contributed by atoms with E-state index in [0.717, 1.165) is 12.8 Å². The van der Waals surface area contributed by atoms with Gasteiger partial charge in [0.05, 0.1) is 20.5 Å². The Hall–Kier alpha value is -1.98. The van der Waals surface area contributed by atoms with Gasteiger partial charge < -0.3 is 5.32 Å². The molecule has 3 rings (SSSR count). The van der Waals surface area contributed by atoms with E-state index in [-0.39, 0.29) is 32.1 Å². The minimum Gasteiger partial charge on any atom is -0.321 e. The normalized spacial score (nSPS) is 14.6. The molecular formula is C20H24ClN3O5S2. The average Bonchev–Trinajstić information content (AvgIpc) is 3.53. The molecule has 11 heteroatoms. The van der Waals surface area contributed by atoms with Gasteiger partial charge in [-0.1, -0.05) is 31.5 Å². The van der Waals surface area contributed by atoms with Crippen LogP contribution in [0.2, 0.25) is 5.02 Å². The molecule has 8 nitrogen and oxygen atoms in total. The molecule has 0 radical (unpaired) electrons. The molecule has 2 aromatic rings. The lowest BCUT2D eigenvalue weighted by Crippen LogP contribution is -2.30. The highest BCUT2D eigenvalue weighted by atomic mass is 35.5. The summed E-state index contributed by atoms with van der Waals surface area (Å²) in [6.07, 6.45) is 1.59. The van der Waals surface area contributed by atoms with E-state index < -0.39 is 26.0 Å². The van der Waals surface area contributed by atoms with E-state index in [1.165, 1.54) is 46.8 Å². The number of halogens is 1. The maximum absolute atomic E-state index is 12.8. The van der Waals surface area contributed by atoms with Crippen molar-refractivity contribution < 1.29 is 21.6 Å². The van der Waals surface area contributed by atoms with Crippen molar-refractivity contribution in [2.24, 2.45) is 0 Å². The lowest BCUT2D eigenvalue weighted by molar-refractivity contribution is 0.102. The zero-order chi connectivity index (χ0) is 22.8. The van der Waals surface area contributed by atoms with Crippen molar-refractivity contribution in [1.82, 2.24) is 9.03 Å². The highest BCUT2D eigenvalue weighted by molar-refractivity contribution is 7.89. The molecule has 0 atom stereocenters. The fourth-order valence-electron chi connectivity index (χ4n) is 2.96. The topological polar surface area (TPSA) is 113 Å². The van der Waals surface area contributed by atoms with Gasteiger partial charge in [0.2, 0.25) is 20.0 Å². The number of hydrogen-bond donors (Lipinski definition) is 2. The number of anilines is 1. The van der Waals surface area contributed by atoms with Crippen LogP contribution in [0.3, 0.4) is 0 Å². The van der Waals surface area contributed by atoms with Crippen molar-refractivity contribution in [3.05, 3.63) is 53.1 Å². The van der Waals surface area contributed by atoms with E-state index in [4.69, 9.17) is 11.6 Å². The Morgan fingerprint density at radius 2 is 1.71 bits per heavy atom. The average molecular weight is 486 g/mol. The molecule has 0 saturated heterocycles. The van der Waals surface area contributed by atoms with Gasteiger partial charge >= 0.3 is 0 Å². The number of carbonyl (C=O) groups excluding carboxylic acids is 1. The number of sulfonamides is 2. The monoisotopic (exact) mass is 485 g/mol. The van der Waals surface area contributed by atoms with Crippen LogP contribution in [0, 0.1) is 0 Å². The van der Waals surface area contributed by atoms with Crippen molar-refractivity contribution in [2.45, 2.75) is 42.5 Å². The van der Waals surface area contributed by atoms with Crippen LogP contribution in [-0.2, 0) is 20.0 Å². The number of benzene rings is 2. The molecule has 2 aromatic carbocycles. The first-order valence-electron chi connectivity index (χ1n) is 9.82. The smallest absolute Gasteiger partial charge is 0.255 e. The molecule has 0 aromatic heterocycles. The molecule has 168 valence electrons. The Labute approximate surface area is 187 Å². The fraction of sp³-hybridized carbons (Fsp3) is 0.350. The Balaban J connectivity index is 1.86. The standard InChI is InChI=1S/C20H24ClN3O5S2/c1-3-24(4-2)31(28,29)17-10-11-18(21)19(13-17)22-20(25)14-6-5-7-16(12-14)30(26,27)23-15-8-9-15/h5-7,10-13,15,23H,3-4,8-9H2,1-2H3,(H,22,25). The summed E-state index contributed by atoms with van der Waals surface area (Å²) in [5, 5.41) is 2.74. The molecule has 0 spiro atoms. The first-order valence-corrected chi connectivity index (χ1v) is 13.1. The number of nitrogens with zero attached hydrogens (tertiary/aromatic N) is 1. The van der Waals surface area contributed by atoms with Crippen LogP contribution in [0.5, 0.6) is 0 Å². The van der Waals surface area contributed by atoms with Crippen LogP contribution in [0.4, 0.5) is 5.69 Å². The van der Waals surface area contributed by atoms with Gasteiger partial charge in [0.15, 0.2) is 0 Å². The molecule has 2 N–H and O–H groups in total. The van der Waals surface area contributed by atoms with Crippen LogP contribution in [-0.4, -0.2) is 46.2 Å². The zero-order valence-corrected chi connectivity index (χ0v) is 19.5. The Morgan fingerprint density at radius 1 is 1.03 bits per heavy atom. The van der Waals surface area contributed by atoms with Gasteiger partial charge in [0.25, 0.3) is 5.91 Å². The Bertz CT molecular complexity index is 1190. The fourth-order valence-corrected chi connectivity index (χ4v) is 5.96. The van der Waals surface area contributed by atoms with Gasteiger partial charge in [-0.2, -0.15) is 4.31 Å². The maximum atomic E-state index is 12.8. The highest BCUT2D eigenvalue weighted by Gasteiger charge is 2.28. The summed E-state index contributed by atoms with van der Waals surface area (Å²) in [5.41, 5.74) is 0.219. The summed E-state index contributed by atoms with van der Waals surface area (Å²) in [7, 11) is -7.45. The minimum atomic E-state index is -3.74. The quantitative estimate of drug-likeness (QED) is 0.566. The third-order valence-corrected chi connectivity index (χ3v) is 8.73. The molecule has 1 saturated carbocycles. The molecule has 0 bridgehead atoms. The first-order chi connectivity index (χ1) is 14.6. The number of amides is 1. The Kier molecular flexibility index (Phi) is 7.07. The van der Waals surface area contributed by atoms with Crippen LogP contribution in [0.1, 0.15) is 37.0 Å². The van der Waals surface area contributed by atoms with Gasteiger partial charge in [-0.05, 0) is 49.2 Å². The minimum absolute atomic E-state index is 0.000798. The highest BCUT2D eigenvalue weighted by Crippen LogP contribution is 2.28. The predicted octanol–water partition coefficient (Wildman–Crippen LogP) is 3.06. The maximum Gasteiger partial charge on any atom is 0.255 e. The van der Waals surface area contributed by atoms with E-state index in [1.807, 2.05) is 0 Å². The first kappa shape index (κ1) is 23.7. The van der Waals surface area contributed by atoms with Gasteiger partial charge in [-0.15, -0.1) is 0 Å². The molecular weight excluding hydrogens is 462 g/mol. The van der Waals surface area contributed by atoms with Crippen molar-refractivity contribution in [3.63, 3.8) is 0 Å². The molecule has 1 amide bonds. The van der Waals surface area contributed by atoms with E-state index in [1.54, 1.807) is 13.8 Å². The Morgan fingerprint density at radius 3 is 2.32 bits per heavy atom. The summed E-state index contributed by atoms with van der Waals surface area (Å²) in [4.78, 5) is 12.7. The molecule has 1 aliphatic rings. The summed E-state index contributed by atoms with van der Waals surface area (Å²) < 4.78 is 54.2. The number of nitrogens with one attached hydrogen (secondary N) is 2. The molecule has 0 heterocycles. The van der Waals surface area contributed by atoms with Gasteiger partial charge in [0.1, 0.15) is 0 Å². The van der Waals surface area contributed by atoms with Gasteiger partial charge in [-0.3, -0.25) is 4.79 Å². The van der Waals surface area contributed by atoms with Crippen LogP contribution >= 0.6 is 11.6 Å². The summed E-state index contributed by atoms with van der Waals surface area (Å²) in [6, 6.07) is 9.63. The number of carbonyl (C=O) groups is 1. The molecule has 0 unspecified atom stereocenters. The second kappa shape index (κ2) is 9.25. The van der Waals surface area contributed by atoms with E-state index >= 15 is 0 Å². The number of rotatable bonds is 9. The second-order valence-electron chi connectivity index (χ2n) is 7.11. The summed E-state index contributed by atoms with van der Waals surface area (Å²) in [6.45, 7) is 4.08. The predicted molar refractivity (Wildman–Crippen MR) is 119 cm³/mol. The molecule has 1 fully saturated rings. The van der Waals surface area contributed by atoms with E-state index in [2.05, 4.69) is 10.0 Å². The van der Waals surface area contributed by atoms with Gasteiger partial charge in [-0.25, -0.2) is 21.6 Å². The SMILES string of the molecule is CCN(CC)S(=O)(=O)c1ccc(Cl)c(NC(=O)c2cccc(S(=O)(=O)NC3CC3)c2)c1. The molecule has 0 aliphatic heterocycles. The third kappa shape index (κ3) is 5.45. The lowest BCUT2D eigenvalue weighted by Gasteiger charge is -2.19. The van der Waals surface area contributed by atoms with Crippen LogP contribution < -0.4 is 10.0 Å². The molecule has 1 aliphatic carbocycles. The summed E-state index contributed by atoms with van der Waals surface area (Å²) >= 11 is 6.16. The van der Waals surface area contributed by atoms with E-state index in [0.29, 0.717) is 13.1 Å². The van der Waals surface area contributed by atoms with Crippen molar-refractivity contribution in [1.29, 1.82) is 0 Å². The summed E-state index contributed by atoms with van der Waals surface area (Å²) in [5.74, 6) is -0.609. The zero-order valence-electron chi connectivity index (χ0n) is 17.1. The second-order valence-corrected chi connectivity index (χ2v) is 11.2. The lowest BCUT2D eigenvalue weighted by atomic mass is 10.2. The van der Waals surface area contributed by atoms with Crippen LogP contribution in [0.15, 0.2) is 52.3 Å². The van der Waals surface area contributed by atoms with Crippen molar-refractivity contribution in [3.8, 4) is 0 Å². The number of hydrogen-bond acceptors (Lipinski definition) is 5. The third-order valence-electron chi connectivity index (χ3n) is 4.83. The van der Waals surface area contributed by atoms with Crippen molar-refractivity contribution in [2.75, 3.05) is 18.4 Å². The largest absolute Gasteiger partial charge is 0.321 e. The van der Waals surface area contributed by atoms with Crippen LogP contribution in [0.25, 0.3) is 0 Å². The van der Waals surface area contributed by atoms with E-state index in [9.17, 15) is 21.6 Å². The van der Waals surface area contributed by atoms with Crippen molar-refractivity contribution >= 4 is 43.2 Å².